The number of benzene rings is 1. The molecule has 0 spiro atoms. The lowest BCUT2D eigenvalue weighted by Gasteiger charge is -2.39. The van der Waals surface area contributed by atoms with Crippen LogP contribution in [0.1, 0.15) is 91.5 Å². The first-order valence-electron chi connectivity index (χ1n) is 16.2. The molecule has 0 unspecified atom stereocenters. The molecular formula is C33H50ClN5O5. The maximum atomic E-state index is 13.8. The third-order valence-electron chi connectivity index (χ3n) is 8.71. The van der Waals surface area contributed by atoms with Gasteiger partial charge < -0.3 is 15.0 Å². The molecule has 1 aliphatic carbocycles. The van der Waals surface area contributed by atoms with Gasteiger partial charge in [0, 0.05) is 49.1 Å². The van der Waals surface area contributed by atoms with Crippen molar-refractivity contribution in [1.29, 1.82) is 0 Å². The van der Waals surface area contributed by atoms with E-state index in [-0.39, 0.29) is 42.1 Å². The van der Waals surface area contributed by atoms with Crippen molar-refractivity contribution in [3.05, 3.63) is 34.9 Å². The van der Waals surface area contributed by atoms with E-state index in [0.29, 0.717) is 37.5 Å². The molecule has 10 nitrogen and oxygen atoms in total. The van der Waals surface area contributed by atoms with Gasteiger partial charge >= 0.3 is 6.09 Å². The van der Waals surface area contributed by atoms with Gasteiger partial charge in [0.2, 0.25) is 11.8 Å². The van der Waals surface area contributed by atoms with Gasteiger partial charge in [0.05, 0.1) is 0 Å². The lowest BCUT2D eigenvalue weighted by atomic mass is 9.92. The molecule has 0 radical (unpaired) electrons. The highest BCUT2D eigenvalue weighted by atomic mass is 35.5. The number of hydrogen-bond acceptors (Lipinski definition) is 6. The molecule has 2 N–H and O–H groups in total. The molecule has 3 atom stereocenters. The Labute approximate surface area is 267 Å². The Bertz CT molecular complexity index is 1160. The van der Waals surface area contributed by atoms with E-state index in [2.05, 4.69) is 15.6 Å². The topological polar surface area (TPSA) is 111 Å². The fourth-order valence-electron chi connectivity index (χ4n) is 6.53. The van der Waals surface area contributed by atoms with Crippen LogP contribution in [0.15, 0.2) is 24.3 Å². The zero-order chi connectivity index (χ0) is 32.0. The summed E-state index contributed by atoms with van der Waals surface area (Å²) in [5, 5.41) is 5.40. The van der Waals surface area contributed by atoms with Crippen molar-refractivity contribution in [1.82, 2.24) is 25.6 Å². The number of amides is 4. The van der Waals surface area contributed by atoms with Crippen LogP contribution >= 0.6 is 11.6 Å². The molecule has 4 rings (SSSR count). The van der Waals surface area contributed by atoms with Gasteiger partial charge in [-0.1, -0.05) is 56.8 Å². The van der Waals surface area contributed by atoms with Crippen molar-refractivity contribution in [2.45, 2.75) is 122 Å². The highest BCUT2D eigenvalue weighted by Crippen LogP contribution is 2.29. The normalized spacial score (nSPS) is 22.1. The fraction of sp³-hybridized carbons (Fsp3) is 0.697. The first kappa shape index (κ1) is 34.0. The number of ether oxygens (including phenoxy) is 1. The van der Waals surface area contributed by atoms with E-state index in [9.17, 15) is 19.2 Å². The molecule has 3 fully saturated rings. The molecule has 11 heteroatoms. The lowest BCUT2D eigenvalue weighted by Crippen LogP contribution is -2.57. The average molecular weight is 632 g/mol. The van der Waals surface area contributed by atoms with Crippen LogP contribution < -0.4 is 10.7 Å². The van der Waals surface area contributed by atoms with Crippen molar-refractivity contribution in [3.63, 3.8) is 0 Å². The summed E-state index contributed by atoms with van der Waals surface area (Å²) >= 11 is 6.09. The number of hydrogen-bond donors (Lipinski definition) is 2. The Morgan fingerprint density at radius 2 is 1.64 bits per heavy atom. The smallest absolute Gasteiger partial charge is 0.410 e. The Morgan fingerprint density at radius 1 is 0.955 bits per heavy atom. The second-order valence-corrected chi connectivity index (χ2v) is 14.2. The van der Waals surface area contributed by atoms with Crippen molar-refractivity contribution in [3.8, 4) is 0 Å². The van der Waals surface area contributed by atoms with E-state index >= 15 is 0 Å². The van der Waals surface area contributed by atoms with E-state index in [1.54, 1.807) is 32.9 Å². The summed E-state index contributed by atoms with van der Waals surface area (Å²) in [6.07, 6.45) is 7.20. The number of rotatable bonds is 9. The zero-order valence-electron chi connectivity index (χ0n) is 26.9. The van der Waals surface area contributed by atoms with Crippen molar-refractivity contribution < 1.29 is 23.9 Å². The largest absolute Gasteiger partial charge is 0.444 e. The fourth-order valence-corrected chi connectivity index (χ4v) is 6.66. The summed E-state index contributed by atoms with van der Waals surface area (Å²) in [5.74, 6) is -0.632. The SMILES string of the molecule is CC(C)C(=O)N(C1CCCCC1)[C@H]1CCN(NC(=O)[C@@H](Cc2ccc(Cl)cc2)NC(=O)[C@H]2CCCN2C(=O)OC(C)(C)C)C1. The molecular weight excluding hydrogens is 582 g/mol. The molecule has 244 valence electrons. The number of hydrazine groups is 1. The van der Waals surface area contributed by atoms with Gasteiger partial charge in [-0.25, -0.2) is 9.80 Å². The van der Waals surface area contributed by atoms with Gasteiger partial charge in [0.25, 0.3) is 5.91 Å². The molecule has 2 saturated heterocycles. The third kappa shape index (κ3) is 9.10. The van der Waals surface area contributed by atoms with E-state index in [0.717, 1.165) is 37.7 Å². The highest BCUT2D eigenvalue weighted by Gasteiger charge is 2.40. The standard InChI is InChI=1S/C33H50ClN5O5/c1-22(2)31(42)39(25-10-7-6-8-11-25)26-17-19-37(21-26)36-29(40)27(20-23-13-15-24(34)16-14-23)35-30(41)28-12-9-18-38(28)32(43)44-33(3,4)5/h13-16,22,25-28H,6-12,17-21H2,1-5H3,(H,35,41)(H,36,40)/t26-,27+,28+/m0/s1. The Morgan fingerprint density at radius 3 is 2.27 bits per heavy atom. The number of carbonyl (C=O) groups excluding carboxylic acids is 4. The molecule has 44 heavy (non-hydrogen) atoms. The Balaban J connectivity index is 1.45. The number of nitrogens with zero attached hydrogens (tertiary/aromatic N) is 3. The number of halogens is 1. The minimum absolute atomic E-state index is 0.0264. The summed E-state index contributed by atoms with van der Waals surface area (Å²) in [6, 6.07) is 5.86. The molecule has 4 amide bonds. The lowest BCUT2D eigenvalue weighted by molar-refractivity contribution is -0.140. The van der Waals surface area contributed by atoms with Crippen LogP contribution in [0.2, 0.25) is 5.02 Å². The maximum absolute atomic E-state index is 13.8. The zero-order valence-corrected chi connectivity index (χ0v) is 27.7. The molecule has 2 heterocycles. The van der Waals surface area contributed by atoms with Crippen LogP contribution in [0.25, 0.3) is 0 Å². The molecule has 1 aromatic rings. The highest BCUT2D eigenvalue weighted by molar-refractivity contribution is 6.30. The molecule has 0 bridgehead atoms. The first-order chi connectivity index (χ1) is 20.8. The van der Waals surface area contributed by atoms with Crippen LogP contribution in [-0.4, -0.2) is 88.0 Å². The van der Waals surface area contributed by atoms with Gasteiger partial charge in [0.1, 0.15) is 17.7 Å². The predicted molar refractivity (Wildman–Crippen MR) is 170 cm³/mol. The summed E-state index contributed by atoms with van der Waals surface area (Å²) in [7, 11) is 0. The summed E-state index contributed by atoms with van der Waals surface area (Å²) in [6.45, 7) is 10.8. The molecule has 1 saturated carbocycles. The molecule has 2 aliphatic heterocycles. The monoisotopic (exact) mass is 631 g/mol. The number of carbonyl (C=O) groups is 4. The van der Waals surface area contributed by atoms with E-state index < -0.39 is 23.8 Å². The molecule has 1 aromatic carbocycles. The third-order valence-corrected chi connectivity index (χ3v) is 8.96. The second kappa shape index (κ2) is 15.0. The maximum Gasteiger partial charge on any atom is 0.410 e. The first-order valence-corrected chi connectivity index (χ1v) is 16.6. The van der Waals surface area contributed by atoms with E-state index in [4.69, 9.17) is 16.3 Å². The number of likely N-dealkylation sites (tertiary alicyclic amines) is 1. The average Bonchev–Trinajstić information content (AvgIpc) is 3.64. The van der Waals surface area contributed by atoms with Gasteiger partial charge in [-0.3, -0.25) is 24.7 Å². The van der Waals surface area contributed by atoms with Gasteiger partial charge in [-0.05, 0) is 70.6 Å². The minimum atomic E-state index is -0.879. The summed E-state index contributed by atoms with van der Waals surface area (Å²) in [4.78, 5) is 57.0. The van der Waals surface area contributed by atoms with E-state index in [1.807, 2.05) is 31.0 Å². The Hall–Kier alpha value is -2.85. The quantitative estimate of drug-likeness (QED) is 0.409. The van der Waals surface area contributed by atoms with Gasteiger partial charge in [-0.15, -0.1) is 0 Å². The van der Waals surface area contributed by atoms with Gasteiger partial charge in [0.15, 0.2) is 0 Å². The van der Waals surface area contributed by atoms with Crippen LogP contribution in [0.5, 0.6) is 0 Å². The second-order valence-electron chi connectivity index (χ2n) is 13.8. The van der Waals surface area contributed by atoms with Crippen molar-refractivity contribution >= 4 is 35.4 Å². The minimum Gasteiger partial charge on any atom is -0.444 e. The van der Waals surface area contributed by atoms with Crippen LogP contribution in [-0.2, 0) is 25.5 Å². The van der Waals surface area contributed by atoms with Crippen molar-refractivity contribution in [2.24, 2.45) is 5.92 Å². The summed E-state index contributed by atoms with van der Waals surface area (Å²) in [5.41, 5.74) is 3.20. The Kier molecular flexibility index (Phi) is 11.6. The van der Waals surface area contributed by atoms with Crippen LogP contribution in [0, 0.1) is 5.92 Å². The molecule has 3 aliphatic rings. The molecule has 0 aromatic heterocycles. The van der Waals surface area contributed by atoms with Crippen LogP contribution in [0.3, 0.4) is 0 Å². The van der Waals surface area contributed by atoms with Crippen LogP contribution in [0.4, 0.5) is 4.79 Å². The van der Waals surface area contributed by atoms with Crippen molar-refractivity contribution in [2.75, 3.05) is 19.6 Å². The van der Waals surface area contributed by atoms with E-state index in [1.165, 1.54) is 11.3 Å². The number of nitrogens with one attached hydrogen (secondary N) is 2. The van der Waals surface area contributed by atoms with Gasteiger partial charge in [-0.2, -0.15) is 0 Å². The predicted octanol–water partition coefficient (Wildman–Crippen LogP) is 4.69. The summed E-state index contributed by atoms with van der Waals surface area (Å²) < 4.78 is 5.54.